The van der Waals surface area contributed by atoms with Gasteiger partial charge in [0.1, 0.15) is 0 Å². The summed E-state index contributed by atoms with van der Waals surface area (Å²) in [5, 5.41) is 3.70. The standard InChI is InChI=1S/C15H31NO/c1-3-5-6-7-8-9-11-16-14-10-12-17-15(4-2)13-14/h14-16H,3-13H2,1-2H3. The van der Waals surface area contributed by atoms with Crippen LogP contribution in [0.3, 0.4) is 0 Å². The highest BCUT2D eigenvalue weighted by atomic mass is 16.5. The Morgan fingerprint density at radius 3 is 2.59 bits per heavy atom. The third-order valence-corrected chi connectivity index (χ3v) is 3.79. The zero-order valence-electron chi connectivity index (χ0n) is 11.8. The van der Waals surface area contributed by atoms with Gasteiger partial charge in [0.15, 0.2) is 0 Å². The van der Waals surface area contributed by atoms with Crippen molar-refractivity contribution in [1.29, 1.82) is 0 Å². The van der Waals surface area contributed by atoms with Crippen LogP contribution in [0, 0.1) is 0 Å². The minimum atomic E-state index is 0.505. The van der Waals surface area contributed by atoms with Crippen LogP contribution in [0.25, 0.3) is 0 Å². The summed E-state index contributed by atoms with van der Waals surface area (Å²) in [4.78, 5) is 0. The molecule has 2 heteroatoms. The maximum atomic E-state index is 5.69. The average molecular weight is 241 g/mol. The fraction of sp³-hybridized carbons (Fsp3) is 1.00. The van der Waals surface area contributed by atoms with Crippen LogP contribution in [0.15, 0.2) is 0 Å². The molecule has 1 saturated heterocycles. The van der Waals surface area contributed by atoms with E-state index in [1.807, 2.05) is 0 Å². The second-order valence-corrected chi connectivity index (χ2v) is 5.34. The van der Waals surface area contributed by atoms with Gasteiger partial charge in [-0.15, -0.1) is 0 Å². The van der Waals surface area contributed by atoms with Gasteiger partial charge < -0.3 is 10.1 Å². The molecule has 2 atom stereocenters. The Hall–Kier alpha value is -0.0800. The maximum Gasteiger partial charge on any atom is 0.0587 e. The van der Waals surface area contributed by atoms with Gasteiger partial charge in [-0.05, 0) is 32.2 Å². The van der Waals surface area contributed by atoms with E-state index in [1.165, 1.54) is 57.9 Å². The first-order chi connectivity index (χ1) is 8.36. The number of nitrogens with one attached hydrogen (secondary N) is 1. The van der Waals surface area contributed by atoms with Gasteiger partial charge >= 0.3 is 0 Å². The lowest BCUT2D eigenvalue weighted by molar-refractivity contribution is -0.00000124. The molecule has 17 heavy (non-hydrogen) atoms. The first kappa shape index (κ1) is 15.0. The highest BCUT2D eigenvalue weighted by Gasteiger charge is 2.20. The molecule has 0 spiro atoms. The Balaban J connectivity index is 1.91. The zero-order chi connectivity index (χ0) is 12.3. The molecule has 1 fully saturated rings. The van der Waals surface area contributed by atoms with Crippen LogP contribution in [-0.2, 0) is 4.74 Å². The van der Waals surface area contributed by atoms with Crippen molar-refractivity contribution < 1.29 is 4.74 Å². The van der Waals surface area contributed by atoms with Crippen LogP contribution in [0.1, 0.15) is 71.6 Å². The molecule has 102 valence electrons. The molecule has 2 nitrogen and oxygen atoms in total. The fourth-order valence-electron chi connectivity index (χ4n) is 2.56. The van der Waals surface area contributed by atoms with Crippen molar-refractivity contribution in [2.75, 3.05) is 13.2 Å². The number of hydrogen-bond acceptors (Lipinski definition) is 2. The lowest BCUT2D eigenvalue weighted by Crippen LogP contribution is -2.39. The van der Waals surface area contributed by atoms with E-state index >= 15 is 0 Å². The van der Waals surface area contributed by atoms with Crippen molar-refractivity contribution >= 4 is 0 Å². The Morgan fingerprint density at radius 1 is 1.06 bits per heavy atom. The van der Waals surface area contributed by atoms with E-state index in [-0.39, 0.29) is 0 Å². The summed E-state index contributed by atoms with van der Waals surface area (Å²) in [5.74, 6) is 0. The van der Waals surface area contributed by atoms with Gasteiger partial charge in [-0.3, -0.25) is 0 Å². The third-order valence-electron chi connectivity index (χ3n) is 3.79. The fourth-order valence-corrected chi connectivity index (χ4v) is 2.56. The van der Waals surface area contributed by atoms with Gasteiger partial charge in [0.25, 0.3) is 0 Å². The zero-order valence-corrected chi connectivity index (χ0v) is 11.8. The molecule has 0 radical (unpaired) electrons. The van der Waals surface area contributed by atoms with Gasteiger partial charge in [0, 0.05) is 12.6 Å². The van der Waals surface area contributed by atoms with Crippen molar-refractivity contribution in [3.63, 3.8) is 0 Å². The number of ether oxygens (including phenoxy) is 1. The molecule has 0 amide bonds. The molecule has 0 aromatic heterocycles. The minimum Gasteiger partial charge on any atom is -0.378 e. The van der Waals surface area contributed by atoms with Crippen molar-refractivity contribution in [2.24, 2.45) is 0 Å². The van der Waals surface area contributed by atoms with E-state index in [4.69, 9.17) is 4.74 Å². The van der Waals surface area contributed by atoms with Gasteiger partial charge in [0.05, 0.1) is 6.10 Å². The molecule has 1 rings (SSSR count). The van der Waals surface area contributed by atoms with Crippen LogP contribution in [-0.4, -0.2) is 25.3 Å². The van der Waals surface area contributed by atoms with Gasteiger partial charge in [-0.2, -0.15) is 0 Å². The summed E-state index contributed by atoms with van der Waals surface area (Å²) < 4.78 is 5.69. The number of rotatable bonds is 9. The van der Waals surface area contributed by atoms with Gasteiger partial charge in [0.2, 0.25) is 0 Å². The molecule has 1 aliphatic heterocycles. The highest BCUT2D eigenvalue weighted by Crippen LogP contribution is 2.16. The predicted octanol–water partition coefficient (Wildman–Crippen LogP) is 3.89. The summed E-state index contributed by atoms with van der Waals surface area (Å²) in [6, 6.07) is 0.712. The van der Waals surface area contributed by atoms with Crippen molar-refractivity contribution in [3.05, 3.63) is 0 Å². The monoisotopic (exact) mass is 241 g/mol. The largest absolute Gasteiger partial charge is 0.378 e. The first-order valence-corrected chi connectivity index (χ1v) is 7.71. The molecular weight excluding hydrogens is 210 g/mol. The van der Waals surface area contributed by atoms with Crippen molar-refractivity contribution in [2.45, 2.75) is 83.8 Å². The molecule has 2 unspecified atom stereocenters. The minimum absolute atomic E-state index is 0.505. The van der Waals surface area contributed by atoms with Crippen LogP contribution in [0.5, 0.6) is 0 Å². The summed E-state index contributed by atoms with van der Waals surface area (Å²) in [7, 11) is 0. The van der Waals surface area contributed by atoms with E-state index in [0.29, 0.717) is 12.1 Å². The molecule has 0 aromatic carbocycles. The summed E-state index contributed by atoms with van der Waals surface area (Å²) in [5.41, 5.74) is 0. The smallest absolute Gasteiger partial charge is 0.0587 e. The van der Waals surface area contributed by atoms with Gasteiger partial charge in [-0.1, -0.05) is 46.0 Å². The molecule has 0 aromatic rings. The summed E-state index contributed by atoms with van der Waals surface area (Å²) in [6.45, 7) is 6.65. The van der Waals surface area contributed by atoms with E-state index in [9.17, 15) is 0 Å². The molecule has 1 N–H and O–H groups in total. The van der Waals surface area contributed by atoms with Gasteiger partial charge in [-0.25, -0.2) is 0 Å². The first-order valence-electron chi connectivity index (χ1n) is 7.71. The molecular formula is C15H31NO. The summed E-state index contributed by atoms with van der Waals surface area (Å²) in [6.07, 6.45) is 12.4. The number of hydrogen-bond donors (Lipinski definition) is 1. The Morgan fingerprint density at radius 2 is 1.82 bits per heavy atom. The molecule has 1 heterocycles. The maximum absolute atomic E-state index is 5.69. The van der Waals surface area contributed by atoms with Crippen LogP contribution in [0.4, 0.5) is 0 Å². The third kappa shape index (κ3) is 7.05. The highest BCUT2D eigenvalue weighted by molar-refractivity contribution is 4.75. The normalized spacial score (nSPS) is 25.1. The second-order valence-electron chi connectivity index (χ2n) is 5.34. The molecule has 0 bridgehead atoms. The van der Waals surface area contributed by atoms with Crippen molar-refractivity contribution in [3.8, 4) is 0 Å². The lowest BCUT2D eigenvalue weighted by atomic mass is 10.0. The number of unbranched alkanes of at least 4 members (excludes halogenated alkanes) is 5. The molecule has 1 aliphatic rings. The SMILES string of the molecule is CCCCCCCCNC1CCOC(CC)C1. The van der Waals surface area contributed by atoms with Crippen LogP contribution >= 0.6 is 0 Å². The lowest BCUT2D eigenvalue weighted by Gasteiger charge is -2.29. The Kier molecular flexibility index (Phi) is 8.72. The molecule has 0 saturated carbocycles. The Bertz CT molecular complexity index is 172. The topological polar surface area (TPSA) is 21.3 Å². The van der Waals surface area contributed by atoms with E-state index in [1.54, 1.807) is 0 Å². The Labute approximate surface area is 108 Å². The van der Waals surface area contributed by atoms with E-state index in [0.717, 1.165) is 13.0 Å². The quantitative estimate of drug-likeness (QED) is 0.618. The van der Waals surface area contributed by atoms with E-state index < -0.39 is 0 Å². The molecule has 0 aliphatic carbocycles. The van der Waals surface area contributed by atoms with Crippen LogP contribution < -0.4 is 5.32 Å². The second kappa shape index (κ2) is 9.90. The summed E-state index contributed by atoms with van der Waals surface area (Å²) >= 11 is 0. The van der Waals surface area contributed by atoms with E-state index in [2.05, 4.69) is 19.2 Å². The average Bonchev–Trinajstić information content (AvgIpc) is 2.38. The van der Waals surface area contributed by atoms with Crippen LogP contribution in [0.2, 0.25) is 0 Å². The predicted molar refractivity (Wildman–Crippen MR) is 74.4 cm³/mol. The van der Waals surface area contributed by atoms with Crippen molar-refractivity contribution in [1.82, 2.24) is 5.32 Å².